The van der Waals surface area contributed by atoms with E-state index in [-0.39, 0.29) is 11.4 Å². The maximum Gasteiger partial charge on any atom is 0.147 e. The van der Waals surface area contributed by atoms with Gasteiger partial charge in [0.05, 0.1) is 38.7 Å². The minimum atomic E-state index is -1.40. The van der Waals surface area contributed by atoms with E-state index >= 15 is 0 Å². The summed E-state index contributed by atoms with van der Waals surface area (Å²) in [7, 11) is 0.330. The third kappa shape index (κ3) is 2.79. The van der Waals surface area contributed by atoms with Gasteiger partial charge in [0, 0.05) is 11.9 Å². The van der Waals surface area contributed by atoms with Crippen LogP contribution in [-0.4, -0.2) is 14.0 Å². The maximum absolute atomic E-state index is 13.3. The number of rotatable bonds is 3. The highest BCUT2D eigenvalue weighted by Gasteiger charge is 2.15. The molecule has 7 heteroatoms. The molecule has 1 unspecified atom stereocenters. The number of aryl methyl sites for hydroxylation is 2. The SMILES string of the molecule is Cc1nn(C)c(CS(=O)c2ccc(N)c(F)c2)c1Cl. The molecule has 0 aliphatic heterocycles. The maximum atomic E-state index is 13.3. The Morgan fingerprint density at radius 3 is 2.74 bits per heavy atom. The van der Waals surface area contributed by atoms with E-state index in [9.17, 15) is 8.60 Å². The lowest BCUT2D eigenvalue weighted by Gasteiger charge is -2.05. The molecule has 2 rings (SSSR count). The summed E-state index contributed by atoms with van der Waals surface area (Å²) in [5.41, 5.74) is 6.76. The van der Waals surface area contributed by atoms with Crippen LogP contribution in [0.2, 0.25) is 5.02 Å². The minimum Gasteiger partial charge on any atom is -0.396 e. The summed E-state index contributed by atoms with van der Waals surface area (Å²) < 4.78 is 27.1. The monoisotopic (exact) mass is 301 g/mol. The molecule has 0 saturated carbocycles. The predicted molar refractivity (Wildman–Crippen MR) is 73.9 cm³/mol. The van der Waals surface area contributed by atoms with Crippen molar-refractivity contribution in [2.45, 2.75) is 17.6 Å². The molecule has 1 aromatic heterocycles. The summed E-state index contributed by atoms with van der Waals surface area (Å²) in [5, 5.41) is 4.64. The lowest BCUT2D eigenvalue weighted by Crippen LogP contribution is -2.04. The number of benzene rings is 1. The van der Waals surface area contributed by atoms with Crippen LogP contribution in [0.5, 0.6) is 0 Å². The van der Waals surface area contributed by atoms with Crippen LogP contribution in [0, 0.1) is 12.7 Å². The van der Waals surface area contributed by atoms with Crippen molar-refractivity contribution in [2.24, 2.45) is 7.05 Å². The van der Waals surface area contributed by atoms with Gasteiger partial charge in [-0.2, -0.15) is 5.10 Å². The van der Waals surface area contributed by atoms with Crippen LogP contribution >= 0.6 is 11.6 Å². The van der Waals surface area contributed by atoms with Gasteiger partial charge in [-0.15, -0.1) is 0 Å². The molecule has 19 heavy (non-hydrogen) atoms. The van der Waals surface area contributed by atoms with Crippen LogP contribution in [0.15, 0.2) is 23.1 Å². The highest BCUT2D eigenvalue weighted by atomic mass is 35.5. The number of hydrogen-bond acceptors (Lipinski definition) is 3. The molecule has 1 atom stereocenters. The Morgan fingerprint density at radius 1 is 1.53 bits per heavy atom. The minimum absolute atomic E-state index is 0.0372. The number of aromatic nitrogens is 2. The van der Waals surface area contributed by atoms with Gasteiger partial charge in [0.1, 0.15) is 5.82 Å². The van der Waals surface area contributed by atoms with Crippen molar-refractivity contribution in [1.82, 2.24) is 9.78 Å². The van der Waals surface area contributed by atoms with Gasteiger partial charge in [-0.1, -0.05) is 11.6 Å². The third-order valence-electron chi connectivity index (χ3n) is 2.76. The van der Waals surface area contributed by atoms with Gasteiger partial charge in [-0.25, -0.2) is 4.39 Å². The second-order valence-electron chi connectivity index (χ2n) is 4.14. The van der Waals surface area contributed by atoms with E-state index in [1.165, 1.54) is 12.1 Å². The van der Waals surface area contributed by atoms with Crippen molar-refractivity contribution < 1.29 is 8.60 Å². The Hall–Kier alpha value is -1.40. The van der Waals surface area contributed by atoms with Crippen LogP contribution in [0.3, 0.4) is 0 Å². The molecule has 4 nitrogen and oxygen atoms in total. The number of nitrogen functional groups attached to an aromatic ring is 1. The topological polar surface area (TPSA) is 60.9 Å². The molecular weight excluding hydrogens is 289 g/mol. The fraction of sp³-hybridized carbons (Fsp3) is 0.250. The lowest BCUT2D eigenvalue weighted by molar-refractivity contribution is 0.627. The van der Waals surface area contributed by atoms with E-state index in [1.54, 1.807) is 24.7 Å². The molecule has 2 N–H and O–H groups in total. The van der Waals surface area contributed by atoms with Gasteiger partial charge in [0.15, 0.2) is 0 Å². The van der Waals surface area contributed by atoms with E-state index in [1.807, 2.05) is 0 Å². The Bertz CT molecular complexity index is 657. The molecule has 1 aromatic carbocycles. The van der Waals surface area contributed by atoms with Crippen LogP contribution < -0.4 is 5.73 Å². The van der Waals surface area contributed by atoms with Crippen molar-refractivity contribution in [3.63, 3.8) is 0 Å². The number of anilines is 1. The number of halogens is 2. The molecule has 0 amide bonds. The van der Waals surface area contributed by atoms with Crippen molar-refractivity contribution in [1.29, 1.82) is 0 Å². The van der Waals surface area contributed by atoms with E-state index in [2.05, 4.69) is 5.10 Å². The first-order valence-electron chi connectivity index (χ1n) is 5.51. The molecule has 0 radical (unpaired) electrons. The second kappa shape index (κ2) is 5.30. The molecule has 102 valence electrons. The fourth-order valence-corrected chi connectivity index (χ4v) is 3.20. The van der Waals surface area contributed by atoms with Crippen molar-refractivity contribution in [2.75, 3.05) is 5.73 Å². The Morgan fingerprint density at radius 2 is 2.21 bits per heavy atom. The van der Waals surface area contributed by atoms with Crippen molar-refractivity contribution in [3.8, 4) is 0 Å². The fourth-order valence-electron chi connectivity index (χ4n) is 1.69. The summed E-state index contributed by atoms with van der Waals surface area (Å²) in [4.78, 5) is 0.376. The summed E-state index contributed by atoms with van der Waals surface area (Å²) in [6.07, 6.45) is 0. The standard InChI is InChI=1S/C12H13ClFN3OS/c1-7-12(13)11(17(2)16-7)6-19(18)8-3-4-10(15)9(14)5-8/h3-5H,6,15H2,1-2H3. The van der Waals surface area contributed by atoms with Crippen LogP contribution in [-0.2, 0) is 23.6 Å². The molecule has 0 saturated heterocycles. The third-order valence-corrected chi connectivity index (χ3v) is 4.57. The summed E-state index contributed by atoms with van der Waals surface area (Å²) in [6.45, 7) is 1.78. The van der Waals surface area contributed by atoms with Crippen LogP contribution in [0.1, 0.15) is 11.4 Å². The van der Waals surface area contributed by atoms with Gasteiger partial charge in [0.2, 0.25) is 0 Å². The zero-order valence-corrected chi connectivity index (χ0v) is 12.1. The summed E-state index contributed by atoms with van der Waals surface area (Å²) >= 11 is 6.09. The Kier molecular flexibility index (Phi) is 3.91. The molecule has 0 aliphatic carbocycles. The molecule has 0 fully saturated rings. The first-order chi connectivity index (χ1) is 8.90. The molecule has 2 aromatic rings. The first-order valence-corrected chi connectivity index (χ1v) is 7.21. The highest BCUT2D eigenvalue weighted by Crippen LogP contribution is 2.23. The van der Waals surface area contributed by atoms with E-state index < -0.39 is 16.6 Å². The number of hydrogen-bond donors (Lipinski definition) is 1. The zero-order chi connectivity index (χ0) is 14.2. The van der Waals surface area contributed by atoms with Crippen LogP contribution in [0.4, 0.5) is 10.1 Å². The first kappa shape index (κ1) is 14.0. The van der Waals surface area contributed by atoms with Gasteiger partial charge in [-0.05, 0) is 25.1 Å². The summed E-state index contributed by atoms with van der Waals surface area (Å²) in [6, 6.07) is 4.13. The Balaban J connectivity index is 2.28. The van der Waals surface area contributed by atoms with E-state index in [4.69, 9.17) is 17.3 Å². The summed E-state index contributed by atoms with van der Waals surface area (Å²) in [5.74, 6) is -0.391. The smallest absolute Gasteiger partial charge is 0.147 e. The average molecular weight is 302 g/mol. The highest BCUT2D eigenvalue weighted by molar-refractivity contribution is 7.84. The Labute approximate surface area is 117 Å². The molecular formula is C12H13ClFN3OS. The zero-order valence-electron chi connectivity index (χ0n) is 10.5. The quantitative estimate of drug-likeness (QED) is 0.886. The molecule has 0 spiro atoms. The number of nitrogens with zero attached hydrogens (tertiary/aromatic N) is 2. The van der Waals surface area contributed by atoms with Crippen molar-refractivity contribution >= 4 is 28.1 Å². The van der Waals surface area contributed by atoms with Crippen molar-refractivity contribution in [3.05, 3.63) is 40.4 Å². The molecule has 1 heterocycles. The van der Waals surface area contributed by atoms with Gasteiger partial charge < -0.3 is 5.73 Å². The van der Waals surface area contributed by atoms with E-state index in [0.29, 0.717) is 21.3 Å². The van der Waals surface area contributed by atoms with Gasteiger partial charge >= 0.3 is 0 Å². The molecule has 0 bridgehead atoms. The molecule has 0 aliphatic rings. The normalized spacial score (nSPS) is 12.6. The largest absolute Gasteiger partial charge is 0.396 e. The lowest BCUT2D eigenvalue weighted by atomic mass is 10.3. The average Bonchev–Trinajstić information content (AvgIpc) is 2.59. The van der Waals surface area contributed by atoms with Gasteiger partial charge in [0.25, 0.3) is 0 Å². The van der Waals surface area contributed by atoms with Gasteiger partial charge in [-0.3, -0.25) is 8.89 Å². The van der Waals surface area contributed by atoms with E-state index in [0.717, 1.165) is 0 Å². The second-order valence-corrected chi connectivity index (χ2v) is 5.97. The van der Waals surface area contributed by atoms with Crippen LogP contribution in [0.25, 0.3) is 0 Å². The number of nitrogens with two attached hydrogens (primary N) is 1. The predicted octanol–water partition coefficient (Wildman–Crippen LogP) is 2.41.